The molecule has 26 heavy (non-hydrogen) atoms. The van der Waals surface area contributed by atoms with Crippen molar-refractivity contribution in [3.05, 3.63) is 29.8 Å². The van der Waals surface area contributed by atoms with Gasteiger partial charge < -0.3 is 9.64 Å². The molecule has 2 aliphatic heterocycles. The van der Waals surface area contributed by atoms with E-state index < -0.39 is 10.0 Å². The van der Waals surface area contributed by atoms with E-state index in [1.165, 1.54) is 23.4 Å². The Morgan fingerprint density at radius 2 is 1.88 bits per heavy atom. The van der Waals surface area contributed by atoms with Gasteiger partial charge >= 0.3 is 0 Å². The number of piperidine rings is 1. The molecule has 0 spiro atoms. The Bertz CT molecular complexity index is 787. The van der Waals surface area contributed by atoms with Gasteiger partial charge in [0.1, 0.15) is 0 Å². The van der Waals surface area contributed by atoms with Gasteiger partial charge in [-0.3, -0.25) is 9.59 Å². The van der Waals surface area contributed by atoms with Crippen molar-refractivity contribution < 1.29 is 22.7 Å². The van der Waals surface area contributed by atoms with Crippen LogP contribution in [0.3, 0.4) is 0 Å². The van der Waals surface area contributed by atoms with E-state index in [-0.39, 0.29) is 29.0 Å². The number of ketones is 1. The fourth-order valence-electron chi connectivity index (χ4n) is 3.43. The van der Waals surface area contributed by atoms with Crippen LogP contribution in [0.5, 0.6) is 0 Å². The molecule has 1 atom stereocenters. The van der Waals surface area contributed by atoms with Gasteiger partial charge in [0.15, 0.2) is 5.78 Å². The average Bonchev–Trinajstić information content (AvgIpc) is 2.68. The minimum absolute atomic E-state index is 0.00527. The molecule has 0 aliphatic carbocycles. The van der Waals surface area contributed by atoms with Crippen molar-refractivity contribution in [1.82, 2.24) is 9.21 Å². The van der Waals surface area contributed by atoms with Crippen LogP contribution in [0.1, 0.15) is 30.1 Å². The van der Waals surface area contributed by atoms with Gasteiger partial charge in [0, 0.05) is 31.7 Å². The molecule has 8 heteroatoms. The standard InChI is InChI=1S/C18H24N2O5S/c1-14(21)15-4-2-6-17(12-15)26(23,24)20-7-3-5-16(13-20)18(22)19-8-10-25-11-9-19/h2,4,6,12,16H,3,5,7-11,13H2,1H3/t16-/m1/s1. The van der Waals surface area contributed by atoms with Gasteiger partial charge in [-0.05, 0) is 31.9 Å². The summed E-state index contributed by atoms with van der Waals surface area (Å²) in [6, 6.07) is 6.08. The third kappa shape index (κ3) is 3.97. The molecule has 3 rings (SSSR count). The summed E-state index contributed by atoms with van der Waals surface area (Å²) < 4.78 is 32.6. The molecule has 2 saturated heterocycles. The molecule has 0 bridgehead atoms. The zero-order valence-electron chi connectivity index (χ0n) is 14.9. The summed E-state index contributed by atoms with van der Waals surface area (Å²) in [5.74, 6) is -0.501. The highest BCUT2D eigenvalue weighted by molar-refractivity contribution is 7.89. The Kier molecular flexibility index (Phi) is 5.74. The molecule has 7 nitrogen and oxygen atoms in total. The van der Waals surface area contributed by atoms with Crippen LogP contribution in [-0.2, 0) is 19.6 Å². The van der Waals surface area contributed by atoms with Gasteiger partial charge in [-0.25, -0.2) is 8.42 Å². The lowest BCUT2D eigenvalue weighted by Gasteiger charge is -2.35. The third-order valence-electron chi connectivity index (χ3n) is 4.93. The molecule has 2 fully saturated rings. The fourth-order valence-corrected chi connectivity index (χ4v) is 5.00. The smallest absolute Gasteiger partial charge is 0.243 e. The highest BCUT2D eigenvalue weighted by atomic mass is 32.2. The molecule has 2 heterocycles. The maximum absolute atomic E-state index is 13.0. The Morgan fingerprint density at radius 3 is 2.58 bits per heavy atom. The summed E-state index contributed by atoms with van der Waals surface area (Å²) in [4.78, 5) is 26.1. The van der Waals surface area contributed by atoms with Crippen LogP contribution in [-0.4, -0.2) is 68.7 Å². The topological polar surface area (TPSA) is 84.0 Å². The second-order valence-corrected chi connectivity index (χ2v) is 8.66. The zero-order chi connectivity index (χ0) is 18.7. The number of ether oxygens (including phenoxy) is 1. The highest BCUT2D eigenvalue weighted by Gasteiger charge is 2.35. The van der Waals surface area contributed by atoms with E-state index >= 15 is 0 Å². The number of hydrogen-bond donors (Lipinski definition) is 0. The number of rotatable bonds is 4. The van der Waals surface area contributed by atoms with E-state index in [1.54, 1.807) is 17.0 Å². The lowest BCUT2D eigenvalue weighted by molar-refractivity contribution is -0.140. The molecule has 0 unspecified atom stereocenters. The minimum atomic E-state index is -3.73. The summed E-state index contributed by atoms with van der Waals surface area (Å²) in [6.45, 7) is 4.15. The number of Topliss-reactive ketones (excluding diaryl/α,β-unsaturated/α-hetero) is 1. The van der Waals surface area contributed by atoms with Crippen LogP contribution in [0.4, 0.5) is 0 Å². The molecule has 1 aromatic rings. The average molecular weight is 380 g/mol. The van der Waals surface area contributed by atoms with E-state index in [0.29, 0.717) is 51.3 Å². The van der Waals surface area contributed by atoms with Crippen molar-refractivity contribution in [3.63, 3.8) is 0 Å². The molecular formula is C18H24N2O5S. The lowest BCUT2D eigenvalue weighted by Crippen LogP contribution is -2.49. The third-order valence-corrected chi connectivity index (χ3v) is 6.80. The molecule has 1 amide bonds. The van der Waals surface area contributed by atoms with Crippen molar-refractivity contribution in [2.75, 3.05) is 39.4 Å². The summed E-state index contributed by atoms with van der Waals surface area (Å²) >= 11 is 0. The molecule has 0 radical (unpaired) electrons. The quantitative estimate of drug-likeness (QED) is 0.732. The van der Waals surface area contributed by atoms with Crippen molar-refractivity contribution in [3.8, 4) is 0 Å². The largest absolute Gasteiger partial charge is 0.378 e. The molecule has 0 aromatic heterocycles. The maximum atomic E-state index is 13.0. The number of benzene rings is 1. The van der Waals surface area contributed by atoms with Gasteiger partial charge in [-0.15, -0.1) is 0 Å². The van der Waals surface area contributed by atoms with Gasteiger partial charge in [-0.1, -0.05) is 12.1 Å². The number of nitrogens with zero attached hydrogens (tertiary/aromatic N) is 2. The van der Waals surface area contributed by atoms with Crippen molar-refractivity contribution in [2.45, 2.75) is 24.7 Å². The van der Waals surface area contributed by atoms with Crippen LogP contribution in [0.2, 0.25) is 0 Å². The minimum Gasteiger partial charge on any atom is -0.378 e. The van der Waals surface area contributed by atoms with Crippen LogP contribution in [0.15, 0.2) is 29.2 Å². The first-order chi connectivity index (χ1) is 12.4. The summed E-state index contributed by atoms with van der Waals surface area (Å²) in [5, 5.41) is 0. The number of morpholine rings is 1. The van der Waals surface area contributed by atoms with Crippen molar-refractivity contribution in [1.29, 1.82) is 0 Å². The van der Waals surface area contributed by atoms with E-state index in [4.69, 9.17) is 4.74 Å². The predicted molar refractivity (Wildman–Crippen MR) is 95.3 cm³/mol. The summed E-state index contributed by atoms with van der Waals surface area (Å²) in [6.07, 6.45) is 1.34. The van der Waals surface area contributed by atoms with Gasteiger partial charge in [-0.2, -0.15) is 4.31 Å². The second kappa shape index (κ2) is 7.85. The first-order valence-electron chi connectivity index (χ1n) is 8.87. The number of carbonyl (C=O) groups excluding carboxylic acids is 2. The van der Waals surface area contributed by atoms with Crippen LogP contribution >= 0.6 is 0 Å². The van der Waals surface area contributed by atoms with E-state index in [0.717, 1.165) is 0 Å². The number of sulfonamides is 1. The van der Waals surface area contributed by atoms with Crippen LogP contribution in [0, 0.1) is 5.92 Å². The maximum Gasteiger partial charge on any atom is 0.243 e. The monoisotopic (exact) mass is 380 g/mol. The second-order valence-electron chi connectivity index (χ2n) is 6.72. The molecule has 0 saturated carbocycles. The van der Waals surface area contributed by atoms with Gasteiger partial charge in [0.05, 0.1) is 24.0 Å². The van der Waals surface area contributed by atoms with Crippen LogP contribution in [0.25, 0.3) is 0 Å². The Morgan fingerprint density at radius 1 is 1.15 bits per heavy atom. The van der Waals surface area contributed by atoms with Crippen molar-refractivity contribution >= 4 is 21.7 Å². The highest BCUT2D eigenvalue weighted by Crippen LogP contribution is 2.26. The van der Waals surface area contributed by atoms with Gasteiger partial charge in [0.2, 0.25) is 15.9 Å². The molecule has 0 N–H and O–H groups in total. The summed E-state index contributed by atoms with van der Waals surface area (Å²) in [5.41, 5.74) is 0.365. The number of amides is 1. The molecule has 1 aromatic carbocycles. The Labute approximate surface area is 154 Å². The number of hydrogen-bond acceptors (Lipinski definition) is 5. The Hall–Kier alpha value is -1.77. The van der Waals surface area contributed by atoms with E-state index in [1.807, 2.05) is 0 Å². The first kappa shape index (κ1) is 19.0. The van der Waals surface area contributed by atoms with Crippen LogP contribution < -0.4 is 0 Å². The van der Waals surface area contributed by atoms with E-state index in [2.05, 4.69) is 0 Å². The predicted octanol–water partition coefficient (Wildman–Crippen LogP) is 1.15. The molecule has 142 valence electrons. The van der Waals surface area contributed by atoms with Crippen molar-refractivity contribution in [2.24, 2.45) is 5.92 Å². The molecule has 2 aliphatic rings. The summed E-state index contributed by atoms with van der Waals surface area (Å²) in [7, 11) is -3.73. The van der Waals surface area contributed by atoms with Gasteiger partial charge in [0.25, 0.3) is 0 Å². The van der Waals surface area contributed by atoms with E-state index in [9.17, 15) is 18.0 Å². The lowest BCUT2D eigenvalue weighted by atomic mass is 9.98. The number of carbonyl (C=O) groups is 2. The SMILES string of the molecule is CC(=O)c1cccc(S(=O)(=O)N2CCC[C@@H](C(=O)N3CCOCC3)C2)c1. The zero-order valence-corrected chi connectivity index (χ0v) is 15.7. The first-order valence-corrected chi connectivity index (χ1v) is 10.3. The fraction of sp³-hybridized carbons (Fsp3) is 0.556. The molecular weight excluding hydrogens is 356 g/mol. The normalized spacial score (nSPS) is 22.2. The Balaban J connectivity index is 1.76.